The molecule has 4 heteroatoms. The van der Waals surface area contributed by atoms with E-state index in [1.807, 2.05) is 17.9 Å². The molecule has 0 saturated carbocycles. The highest BCUT2D eigenvalue weighted by Gasteiger charge is 2.13. The molecule has 0 amide bonds. The van der Waals surface area contributed by atoms with E-state index in [1.54, 1.807) is 0 Å². The normalized spacial score (nSPS) is 15.2. The maximum Gasteiger partial charge on any atom is 0.0547 e. The lowest BCUT2D eigenvalue weighted by Crippen LogP contribution is -2.40. The Bertz CT molecular complexity index is 317. The van der Waals surface area contributed by atoms with Gasteiger partial charge in [-0.15, -0.1) is 0 Å². The van der Waals surface area contributed by atoms with Gasteiger partial charge in [0.2, 0.25) is 0 Å². The van der Waals surface area contributed by atoms with Gasteiger partial charge in [0, 0.05) is 31.9 Å². The Kier molecular flexibility index (Phi) is 5.65. The molecule has 0 aliphatic carbocycles. The highest BCUT2D eigenvalue weighted by molar-refractivity contribution is 5.05. The number of hydrogen-bond donors (Lipinski definition) is 1. The van der Waals surface area contributed by atoms with Gasteiger partial charge >= 0.3 is 0 Å². The van der Waals surface area contributed by atoms with Crippen molar-refractivity contribution in [1.82, 2.24) is 20.0 Å². The SMILES string of the molecule is CCN(CC)CC(C)NC(C)c1ccnn1C. The lowest BCUT2D eigenvalue weighted by atomic mass is 10.2. The van der Waals surface area contributed by atoms with Crippen molar-refractivity contribution in [2.75, 3.05) is 19.6 Å². The predicted octanol–water partition coefficient (Wildman–Crippen LogP) is 1.80. The van der Waals surface area contributed by atoms with Crippen molar-refractivity contribution >= 4 is 0 Å². The van der Waals surface area contributed by atoms with Gasteiger partial charge in [0.05, 0.1) is 5.69 Å². The lowest BCUT2D eigenvalue weighted by molar-refractivity contribution is 0.262. The molecule has 98 valence electrons. The van der Waals surface area contributed by atoms with Crippen LogP contribution in [0.3, 0.4) is 0 Å². The van der Waals surface area contributed by atoms with Gasteiger partial charge in [-0.1, -0.05) is 13.8 Å². The van der Waals surface area contributed by atoms with Gasteiger partial charge in [0.1, 0.15) is 0 Å². The largest absolute Gasteiger partial charge is 0.305 e. The van der Waals surface area contributed by atoms with Crippen molar-refractivity contribution in [1.29, 1.82) is 0 Å². The first-order valence-electron chi connectivity index (χ1n) is 6.54. The van der Waals surface area contributed by atoms with E-state index in [0.717, 1.165) is 19.6 Å². The summed E-state index contributed by atoms with van der Waals surface area (Å²) < 4.78 is 1.93. The van der Waals surface area contributed by atoms with Crippen LogP contribution in [-0.2, 0) is 7.05 Å². The molecule has 4 nitrogen and oxygen atoms in total. The van der Waals surface area contributed by atoms with Gasteiger partial charge in [-0.25, -0.2) is 0 Å². The van der Waals surface area contributed by atoms with Crippen LogP contribution in [-0.4, -0.2) is 40.4 Å². The smallest absolute Gasteiger partial charge is 0.0547 e. The van der Waals surface area contributed by atoms with Crippen LogP contribution in [0.4, 0.5) is 0 Å². The minimum Gasteiger partial charge on any atom is -0.305 e. The molecule has 1 aromatic heterocycles. The summed E-state index contributed by atoms with van der Waals surface area (Å²) in [5.41, 5.74) is 1.23. The average Bonchev–Trinajstić information content (AvgIpc) is 2.72. The fourth-order valence-electron chi connectivity index (χ4n) is 2.24. The Morgan fingerprint density at radius 2 is 2.00 bits per heavy atom. The number of rotatable bonds is 7. The first kappa shape index (κ1) is 14.2. The Morgan fingerprint density at radius 1 is 1.35 bits per heavy atom. The van der Waals surface area contributed by atoms with Gasteiger partial charge < -0.3 is 10.2 Å². The summed E-state index contributed by atoms with van der Waals surface area (Å²) in [5, 5.41) is 7.82. The zero-order chi connectivity index (χ0) is 12.8. The molecule has 0 saturated heterocycles. The summed E-state index contributed by atoms with van der Waals surface area (Å²) in [4.78, 5) is 2.44. The van der Waals surface area contributed by atoms with Crippen molar-refractivity contribution < 1.29 is 0 Å². The van der Waals surface area contributed by atoms with Gasteiger partial charge in [-0.05, 0) is 33.0 Å². The summed E-state index contributed by atoms with van der Waals surface area (Å²) in [6, 6.07) is 2.90. The molecule has 0 radical (unpaired) electrons. The number of nitrogens with one attached hydrogen (secondary N) is 1. The summed E-state index contributed by atoms with van der Waals surface area (Å²) >= 11 is 0. The Morgan fingerprint density at radius 3 is 2.47 bits per heavy atom. The highest BCUT2D eigenvalue weighted by Crippen LogP contribution is 2.11. The zero-order valence-electron chi connectivity index (χ0n) is 11.8. The van der Waals surface area contributed by atoms with Gasteiger partial charge in [0.15, 0.2) is 0 Å². The van der Waals surface area contributed by atoms with Crippen LogP contribution < -0.4 is 5.32 Å². The molecule has 2 atom stereocenters. The van der Waals surface area contributed by atoms with Crippen LogP contribution in [0.1, 0.15) is 39.4 Å². The lowest BCUT2D eigenvalue weighted by Gasteiger charge is -2.26. The van der Waals surface area contributed by atoms with E-state index in [0.29, 0.717) is 12.1 Å². The summed E-state index contributed by atoms with van der Waals surface area (Å²) in [6.07, 6.45) is 1.85. The molecular formula is C13H26N4. The molecule has 1 N–H and O–H groups in total. The van der Waals surface area contributed by atoms with Crippen molar-refractivity contribution in [2.24, 2.45) is 7.05 Å². The Hall–Kier alpha value is -0.870. The number of likely N-dealkylation sites (N-methyl/N-ethyl adjacent to an activating group) is 1. The third-order valence-corrected chi connectivity index (χ3v) is 3.26. The standard InChI is InChI=1S/C13H26N4/c1-6-17(7-2)10-11(3)15-12(4)13-8-9-14-16(13)5/h8-9,11-12,15H,6-7,10H2,1-5H3. The topological polar surface area (TPSA) is 33.1 Å². The minimum absolute atomic E-state index is 0.341. The van der Waals surface area contributed by atoms with Crippen LogP contribution in [0, 0.1) is 0 Å². The maximum atomic E-state index is 4.20. The molecule has 0 bridgehead atoms. The summed E-state index contributed by atoms with van der Waals surface area (Å²) in [5.74, 6) is 0. The van der Waals surface area contributed by atoms with Gasteiger partial charge in [0.25, 0.3) is 0 Å². The number of nitrogens with zero attached hydrogens (tertiary/aromatic N) is 3. The zero-order valence-corrected chi connectivity index (χ0v) is 11.8. The molecule has 0 aliphatic rings. The highest BCUT2D eigenvalue weighted by atomic mass is 15.3. The van der Waals surface area contributed by atoms with Crippen LogP contribution in [0.5, 0.6) is 0 Å². The molecule has 1 aromatic rings. The van der Waals surface area contributed by atoms with E-state index >= 15 is 0 Å². The third kappa shape index (κ3) is 4.13. The van der Waals surface area contributed by atoms with E-state index < -0.39 is 0 Å². The summed E-state index contributed by atoms with van der Waals surface area (Å²) in [7, 11) is 1.99. The van der Waals surface area contributed by atoms with Gasteiger partial charge in [-0.2, -0.15) is 5.10 Å². The van der Waals surface area contributed by atoms with Crippen LogP contribution >= 0.6 is 0 Å². The van der Waals surface area contributed by atoms with Crippen LogP contribution in [0.15, 0.2) is 12.3 Å². The molecular weight excluding hydrogens is 212 g/mol. The van der Waals surface area contributed by atoms with Crippen LogP contribution in [0.25, 0.3) is 0 Å². The van der Waals surface area contributed by atoms with E-state index in [9.17, 15) is 0 Å². The van der Waals surface area contributed by atoms with E-state index in [-0.39, 0.29) is 0 Å². The fraction of sp³-hybridized carbons (Fsp3) is 0.769. The molecule has 1 rings (SSSR count). The second-order valence-electron chi connectivity index (χ2n) is 4.65. The van der Waals surface area contributed by atoms with Crippen molar-refractivity contribution in [3.8, 4) is 0 Å². The first-order chi connectivity index (χ1) is 8.08. The predicted molar refractivity (Wildman–Crippen MR) is 72.0 cm³/mol. The van der Waals surface area contributed by atoms with Gasteiger partial charge in [-0.3, -0.25) is 4.68 Å². The Balaban J connectivity index is 2.46. The van der Waals surface area contributed by atoms with Crippen LogP contribution in [0.2, 0.25) is 0 Å². The monoisotopic (exact) mass is 238 g/mol. The van der Waals surface area contributed by atoms with Crippen molar-refractivity contribution in [3.63, 3.8) is 0 Å². The van der Waals surface area contributed by atoms with E-state index in [4.69, 9.17) is 0 Å². The molecule has 0 aliphatic heterocycles. The van der Waals surface area contributed by atoms with Crippen molar-refractivity contribution in [2.45, 2.75) is 39.8 Å². The third-order valence-electron chi connectivity index (χ3n) is 3.26. The number of aromatic nitrogens is 2. The molecule has 0 fully saturated rings. The molecule has 0 aromatic carbocycles. The second-order valence-corrected chi connectivity index (χ2v) is 4.65. The van der Waals surface area contributed by atoms with Crippen molar-refractivity contribution in [3.05, 3.63) is 18.0 Å². The number of hydrogen-bond acceptors (Lipinski definition) is 3. The molecule has 2 unspecified atom stereocenters. The molecule has 1 heterocycles. The fourth-order valence-corrected chi connectivity index (χ4v) is 2.24. The summed E-state index contributed by atoms with van der Waals surface area (Å²) in [6.45, 7) is 12.2. The second kappa shape index (κ2) is 6.77. The maximum absolute atomic E-state index is 4.20. The quantitative estimate of drug-likeness (QED) is 0.786. The molecule has 0 spiro atoms. The minimum atomic E-state index is 0.341. The first-order valence-corrected chi connectivity index (χ1v) is 6.54. The molecule has 17 heavy (non-hydrogen) atoms. The van der Waals surface area contributed by atoms with E-state index in [2.05, 4.69) is 49.1 Å². The van der Waals surface area contributed by atoms with E-state index in [1.165, 1.54) is 5.69 Å². The Labute approximate surface area is 105 Å². The number of aryl methyl sites for hydroxylation is 1. The average molecular weight is 238 g/mol.